The van der Waals surface area contributed by atoms with Gasteiger partial charge in [-0.15, -0.1) is 0 Å². The molecule has 0 fully saturated rings. The molecule has 0 bridgehead atoms. The molecule has 2 aromatic rings. The maximum atomic E-state index is 12.9. The summed E-state index contributed by atoms with van der Waals surface area (Å²) in [5.41, 5.74) is 1.89. The summed E-state index contributed by atoms with van der Waals surface area (Å²) in [6.45, 7) is 1.71. The van der Waals surface area contributed by atoms with E-state index in [-0.39, 0.29) is 11.7 Å². The van der Waals surface area contributed by atoms with Gasteiger partial charge in [0.05, 0.1) is 5.69 Å². The topological polar surface area (TPSA) is 29.1 Å². The Bertz CT molecular complexity index is 508. The van der Waals surface area contributed by atoms with E-state index < -0.39 is 0 Å². The first-order valence-corrected chi connectivity index (χ1v) is 5.71. The Labute approximate surface area is 96.7 Å². The van der Waals surface area contributed by atoms with Crippen LogP contribution in [0.25, 0.3) is 0 Å². The van der Waals surface area contributed by atoms with Gasteiger partial charge in [0.15, 0.2) is 0 Å². The number of thiophene rings is 1. The van der Waals surface area contributed by atoms with Crippen LogP contribution in [0.5, 0.6) is 0 Å². The van der Waals surface area contributed by atoms with Crippen molar-refractivity contribution in [1.29, 1.82) is 0 Å². The van der Waals surface area contributed by atoms with E-state index in [0.717, 1.165) is 5.69 Å². The van der Waals surface area contributed by atoms with Crippen LogP contribution in [0.15, 0.2) is 35.0 Å². The number of hydrogen-bond acceptors (Lipinski definition) is 2. The zero-order valence-electron chi connectivity index (χ0n) is 8.66. The average Bonchev–Trinajstić information content (AvgIpc) is 2.70. The molecule has 0 aliphatic rings. The normalized spacial score (nSPS) is 10.1. The fourth-order valence-corrected chi connectivity index (χ4v) is 2.00. The van der Waals surface area contributed by atoms with Crippen LogP contribution >= 0.6 is 11.3 Å². The van der Waals surface area contributed by atoms with Gasteiger partial charge in [0.1, 0.15) is 5.82 Å². The molecule has 2 rings (SSSR count). The summed E-state index contributed by atoms with van der Waals surface area (Å²) in [4.78, 5) is 11.8. The van der Waals surface area contributed by atoms with E-state index in [2.05, 4.69) is 5.32 Å². The highest BCUT2D eigenvalue weighted by Crippen LogP contribution is 2.15. The van der Waals surface area contributed by atoms with Crippen LogP contribution < -0.4 is 5.32 Å². The number of halogens is 1. The molecule has 16 heavy (non-hydrogen) atoms. The van der Waals surface area contributed by atoms with Gasteiger partial charge in [-0.1, -0.05) is 0 Å². The number of hydrogen-bond donors (Lipinski definition) is 1. The predicted molar refractivity (Wildman–Crippen MR) is 63.4 cm³/mol. The summed E-state index contributed by atoms with van der Waals surface area (Å²) in [5, 5.41) is 6.47. The van der Waals surface area contributed by atoms with E-state index >= 15 is 0 Å². The molecule has 0 atom stereocenters. The summed E-state index contributed by atoms with van der Waals surface area (Å²) in [7, 11) is 0. The first-order valence-electron chi connectivity index (χ1n) is 4.76. The molecule has 1 aromatic heterocycles. The van der Waals surface area contributed by atoms with Crippen molar-refractivity contribution in [3.8, 4) is 0 Å². The van der Waals surface area contributed by atoms with Crippen LogP contribution in [0.2, 0.25) is 0 Å². The fourth-order valence-electron chi connectivity index (χ4n) is 1.42. The minimum Gasteiger partial charge on any atom is -0.321 e. The van der Waals surface area contributed by atoms with Crippen molar-refractivity contribution in [3.05, 3.63) is 52.0 Å². The molecule has 4 heteroatoms. The molecule has 0 aliphatic carbocycles. The van der Waals surface area contributed by atoms with E-state index in [4.69, 9.17) is 0 Å². The first-order chi connectivity index (χ1) is 7.66. The Kier molecular flexibility index (Phi) is 3.01. The molecule has 82 valence electrons. The smallest absolute Gasteiger partial charge is 0.255 e. The van der Waals surface area contributed by atoms with Crippen LogP contribution in [0, 0.1) is 12.7 Å². The zero-order valence-corrected chi connectivity index (χ0v) is 9.48. The Morgan fingerprint density at radius 2 is 2.19 bits per heavy atom. The van der Waals surface area contributed by atoms with Crippen LogP contribution in [0.3, 0.4) is 0 Å². The maximum absolute atomic E-state index is 12.9. The van der Waals surface area contributed by atoms with Crippen molar-refractivity contribution < 1.29 is 9.18 Å². The molecule has 2 nitrogen and oxygen atoms in total. The summed E-state index contributed by atoms with van der Waals surface area (Å²) >= 11 is 1.51. The van der Waals surface area contributed by atoms with Crippen LogP contribution in [0.1, 0.15) is 15.9 Å². The lowest BCUT2D eigenvalue weighted by Crippen LogP contribution is -2.12. The van der Waals surface area contributed by atoms with Crippen molar-refractivity contribution >= 4 is 22.9 Å². The number of aryl methyl sites for hydroxylation is 1. The van der Waals surface area contributed by atoms with Gasteiger partial charge in [-0.3, -0.25) is 4.79 Å². The maximum Gasteiger partial charge on any atom is 0.255 e. The van der Waals surface area contributed by atoms with E-state index in [1.165, 1.54) is 29.5 Å². The number of rotatable bonds is 2. The van der Waals surface area contributed by atoms with Gasteiger partial charge in [0.2, 0.25) is 0 Å². The molecule has 1 heterocycles. The van der Waals surface area contributed by atoms with Gasteiger partial charge in [-0.05, 0) is 42.1 Å². The monoisotopic (exact) mass is 235 g/mol. The molecule has 0 radical (unpaired) electrons. The highest BCUT2D eigenvalue weighted by Gasteiger charge is 2.09. The van der Waals surface area contributed by atoms with Crippen LogP contribution in [0.4, 0.5) is 10.1 Å². The molecule has 1 amide bonds. The third-order valence-electron chi connectivity index (χ3n) is 2.21. The number of benzene rings is 1. The highest BCUT2D eigenvalue weighted by atomic mass is 32.1. The van der Waals surface area contributed by atoms with Crippen LogP contribution in [-0.2, 0) is 0 Å². The predicted octanol–water partition coefficient (Wildman–Crippen LogP) is 3.45. The minimum atomic E-state index is -0.329. The van der Waals surface area contributed by atoms with Crippen molar-refractivity contribution in [1.82, 2.24) is 0 Å². The summed E-state index contributed by atoms with van der Waals surface area (Å²) in [6.07, 6.45) is 0. The Balaban J connectivity index is 2.21. The zero-order chi connectivity index (χ0) is 11.5. The van der Waals surface area contributed by atoms with Crippen molar-refractivity contribution in [3.63, 3.8) is 0 Å². The molecule has 1 aromatic carbocycles. The third kappa shape index (κ3) is 2.28. The number of carbonyl (C=O) groups excluding carboxylic acids is 1. The quantitative estimate of drug-likeness (QED) is 0.848. The van der Waals surface area contributed by atoms with E-state index in [1.54, 1.807) is 6.92 Å². The summed E-state index contributed by atoms with van der Waals surface area (Å²) in [6, 6.07) is 5.95. The van der Waals surface area contributed by atoms with Gasteiger partial charge in [-0.2, -0.15) is 11.3 Å². The largest absolute Gasteiger partial charge is 0.321 e. The van der Waals surface area contributed by atoms with Gasteiger partial charge in [0, 0.05) is 10.9 Å². The number of anilines is 1. The van der Waals surface area contributed by atoms with Gasteiger partial charge in [-0.25, -0.2) is 4.39 Å². The summed E-state index contributed by atoms with van der Waals surface area (Å²) < 4.78 is 12.9. The lowest BCUT2D eigenvalue weighted by atomic mass is 10.1. The van der Waals surface area contributed by atoms with Crippen molar-refractivity contribution in [2.45, 2.75) is 6.92 Å². The van der Waals surface area contributed by atoms with E-state index in [9.17, 15) is 9.18 Å². The molecule has 0 saturated carbocycles. The van der Waals surface area contributed by atoms with Crippen molar-refractivity contribution in [2.24, 2.45) is 0 Å². The van der Waals surface area contributed by atoms with E-state index in [1.807, 2.05) is 16.8 Å². The number of nitrogens with one attached hydrogen (secondary N) is 1. The lowest BCUT2D eigenvalue weighted by molar-refractivity contribution is 0.102. The second kappa shape index (κ2) is 4.45. The second-order valence-electron chi connectivity index (χ2n) is 3.43. The molecular formula is C12H10FNOS. The second-order valence-corrected chi connectivity index (χ2v) is 4.21. The molecular weight excluding hydrogens is 225 g/mol. The summed E-state index contributed by atoms with van der Waals surface area (Å²) in [5.74, 6) is -0.541. The molecule has 0 unspecified atom stereocenters. The van der Waals surface area contributed by atoms with Crippen LogP contribution in [-0.4, -0.2) is 5.91 Å². The van der Waals surface area contributed by atoms with Gasteiger partial charge in [0.25, 0.3) is 5.91 Å². The number of amides is 1. The first kappa shape index (κ1) is 10.8. The fraction of sp³-hybridized carbons (Fsp3) is 0.0833. The van der Waals surface area contributed by atoms with Gasteiger partial charge >= 0.3 is 0 Å². The average molecular weight is 235 g/mol. The van der Waals surface area contributed by atoms with Crippen molar-refractivity contribution in [2.75, 3.05) is 5.32 Å². The Morgan fingerprint density at radius 3 is 2.81 bits per heavy atom. The third-order valence-corrected chi connectivity index (χ3v) is 2.90. The van der Waals surface area contributed by atoms with E-state index in [0.29, 0.717) is 11.1 Å². The van der Waals surface area contributed by atoms with Gasteiger partial charge < -0.3 is 5.32 Å². The Hall–Kier alpha value is -1.68. The minimum absolute atomic E-state index is 0.212. The SMILES string of the molecule is Cc1cc(F)ccc1C(=O)Nc1ccsc1. The molecule has 0 spiro atoms. The lowest BCUT2D eigenvalue weighted by Gasteiger charge is -2.05. The number of carbonyl (C=O) groups is 1. The standard InChI is InChI=1S/C12H10FNOS/c1-8-6-9(13)2-3-11(8)12(15)14-10-4-5-16-7-10/h2-7H,1H3,(H,14,15). The Morgan fingerprint density at radius 1 is 1.38 bits per heavy atom. The highest BCUT2D eigenvalue weighted by molar-refractivity contribution is 7.08. The molecule has 0 saturated heterocycles. The molecule has 1 N–H and O–H groups in total. The molecule has 0 aliphatic heterocycles.